The van der Waals surface area contributed by atoms with E-state index in [4.69, 9.17) is 23.4 Å². The Kier molecular flexibility index (Phi) is 0.643. The first-order valence-corrected chi connectivity index (χ1v) is 3.95. The van der Waals surface area contributed by atoms with Crippen molar-refractivity contribution in [2.75, 3.05) is 6.75 Å². The van der Waals surface area contributed by atoms with Crippen molar-refractivity contribution in [2.24, 2.45) is 5.73 Å². The highest BCUT2D eigenvalue weighted by atomic mass is 16.7. The third-order valence-corrected chi connectivity index (χ3v) is 2.05. The molecule has 0 saturated carbocycles. The van der Waals surface area contributed by atoms with Crippen LogP contribution in [0.15, 0.2) is 12.1 Å². The molecule has 0 amide bonds. The number of nitrogens with two attached hydrogens (primary N) is 1. The fourth-order valence-electron chi connectivity index (χ4n) is 1.48. The predicted molar refractivity (Wildman–Crippen MR) is 47.9 cm³/mol. The largest absolute Gasteiger partial charge is 0.454 e. The van der Waals surface area contributed by atoms with Gasteiger partial charge in [0.15, 0.2) is 11.5 Å². The van der Waals surface area contributed by atoms with Gasteiger partial charge in [-0.2, -0.15) is 0 Å². The summed E-state index contributed by atoms with van der Waals surface area (Å²) in [4.78, 5) is 0. The summed E-state index contributed by atoms with van der Waals surface area (Å²) in [5, 5.41) is 0. The van der Waals surface area contributed by atoms with Crippen molar-refractivity contribution in [2.45, 2.75) is 18.8 Å². The van der Waals surface area contributed by atoms with Crippen molar-refractivity contribution in [1.82, 2.24) is 0 Å². The van der Waals surface area contributed by atoms with Gasteiger partial charge in [-0.05, 0) is 36.0 Å². The van der Waals surface area contributed by atoms with Crippen molar-refractivity contribution < 1.29 is 17.7 Å². The maximum Gasteiger partial charge on any atom is 0.231 e. The average Bonchev–Trinajstić information content (AvgIpc) is 2.72. The van der Waals surface area contributed by atoms with Gasteiger partial charge in [-0.1, -0.05) is 0 Å². The van der Waals surface area contributed by atoms with Gasteiger partial charge in [-0.15, -0.1) is 0 Å². The Morgan fingerprint density at radius 1 is 1.38 bits per heavy atom. The van der Waals surface area contributed by atoms with Crippen LogP contribution in [0.2, 0.25) is 0 Å². The summed E-state index contributed by atoms with van der Waals surface area (Å²) in [5.41, 5.74) is 6.01. The smallest absolute Gasteiger partial charge is 0.231 e. The van der Waals surface area contributed by atoms with E-state index in [9.17, 15) is 0 Å². The van der Waals surface area contributed by atoms with E-state index in [2.05, 4.69) is 0 Å². The fourth-order valence-corrected chi connectivity index (χ4v) is 1.48. The molecule has 3 nitrogen and oxygen atoms in total. The van der Waals surface area contributed by atoms with Gasteiger partial charge in [0.1, 0.15) is 2.74 Å². The van der Waals surface area contributed by atoms with Gasteiger partial charge in [0.2, 0.25) is 6.75 Å². The minimum atomic E-state index is -2.43. The Balaban J connectivity index is 2.29. The SMILES string of the molecule is [2H]c1c2c(c([2H])c3c1OC([2H])([2H])O3)C([2H])([2H])C(N)C2. The fraction of sp³-hybridized carbons (Fsp3) is 0.400. The lowest BCUT2D eigenvalue weighted by Gasteiger charge is -2.00. The van der Waals surface area contributed by atoms with Crippen LogP contribution < -0.4 is 15.2 Å². The van der Waals surface area contributed by atoms with Crippen LogP contribution >= 0.6 is 0 Å². The summed E-state index contributed by atoms with van der Waals surface area (Å²) in [6, 6.07) is -1.28. The normalized spacial score (nSPS) is 37.8. The molecule has 1 aromatic rings. The number of benzene rings is 1. The van der Waals surface area contributed by atoms with Crippen LogP contribution in [0.25, 0.3) is 0 Å². The van der Waals surface area contributed by atoms with E-state index in [-0.39, 0.29) is 35.6 Å². The molecule has 2 aliphatic rings. The van der Waals surface area contributed by atoms with E-state index in [1.807, 2.05) is 0 Å². The van der Waals surface area contributed by atoms with Crippen LogP contribution in [0.5, 0.6) is 11.5 Å². The third-order valence-electron chi connectivity index (χ3n) is 2.05. The van der Waals surface area contributed by atoms with Crippen LogP contribution in [0.3, 0.4) is 0 Å². The quantitative estimate of drug-likeness (QED) is 0.648. The first-order chi connectivity index (χ1) is 8.65. The molecular formula is C10H11NO2. The van der Waals surface area contributed by atoms with E-state index < -0.39 is 19.2 Å². The molecule has 0 radical (unpaired) electrons. The zero-order chi connectivity index (χ0) is 14.2. The Bertz CT molecular complexity index is 588. The minimum absolute atomic E-state index is 0.00468. The van der Waals surface area contributed by atoms with E-state index >= 15 is 0 Å². The first kappa shape index (κ1) is 3.50. The predicted octanol–water partition coefficient (Wildman–Crippen LogP) is 0.841. The zero-order valence-electron chi connectivity index (χ0n) is 12.7. The maximum absolute atomic E-state index is 7.98. The molecular weight excluding hydrogens is 166 g/mol. The molecule has 0 saturated heterocycles. The molecule has 0 aromatic heterocycles. The summed E-state index contributed by atoms with van der Waals surface area (Å²) in [7, 11) is 0. The summed E-state index contributed by atoms with van der Waals surface area (Å²) >= 11 is 0. The highest BCUT2D eigenvalue weighted by Gasteiger charge is 2.23. The average molecular weight is 183 g/mol. The zero-order valence-corrected chi connectivity index (χ0v) is 6.68. The molecule has 1 heterocycles. The topological polar surface area (TPSA) is 44.5 Å². The van der Waals surface area contributed by atoms with Gasteiger partial charge in [-0.25, -0.2) is 0 Å². The number of hydrogen-bond acceptors (Lipinski definition) is 3. The first-order valence-electron chi connectivity index (χ1n) is 6.95. The van der Waals surface area contributed by atoms with Crippen molar-refractivity contribution in [3.63, 3.8) is 0 Å². The lowest BCUT2D eigenvalue weighted by molar-refractivity contribution is 0.174. The van der Waals surface area contributed by atoms with Crippen molar-refractivity contribution >= 4 is 0 Å². The van der Waals surface area contributed by atoms with Crippen molar-refractivity contribution in [3.8, 4) is 11.5 Å². The van der Waals surface area contributed by atoms with Crippen LogP contribution in [0, 0.1) is 0 Å². The van der Waals surface area contributed by atoms with Gasteiger partial charge in [0.25, 0.3) is 0 Å². The van der Waals surface area contributed by atoms with Gasteiger partial charge in [0, 0.05) is 8.78 Å². The number of ether oxygens (including phenoxy) is 2. The molecule has 68 valence electrons. The molecule has 3 heteroatoms. The van der Waals surface area contributed by atoms with E-state index in [0.717, 1.165) is 0 Å². The molecule has 13 heavy (non-hydrogen) atoms. The van der Waals surface area contributed by atoms with Gasteiger partial charge in [0.05, 0.1) is 2.74 Å². The van der Waals surface area contributed by atoms with Crippen LogP contribution in [0.4, 0.5) is 0 Å². The molecule has 3 rings (SSSR count). The molecule has 0 bridgehead atoms. The van der Waals surface area contributed by atoms with Crippen LogP contribution in [-0.4, -0.2) is 12.8 Å². The van der Waals surface area contributed by atoms with E-state index in [1.54, 1.807) is 0 Å². The Labute approximate surface area is 84.9 Å². The van der Waals surface area contributed by atoms with Crippen molar-refractivity contribution in [1.29, 1.82) is 0 Å². The Morgan fingerprint density at radius 2 is 2.08 bits per heavy atom. The monoisotopic (exact) mass is 183 g/mol. The third kappa shape index (κ3) is 1.00. The highest BCUT2D eigenvalue weighted by molar-refractivity contribution is 5.50. The lowest BCUT2D eigenvalue weighted by atomic mass is 10.1. The second-order valence-electron chi connectivity index (χ2n) is 3.00. The molecule has 1 atom stereocenters. The number of hydrogen-bond donors (Lipinski definition) is 1. The van der Waals surface area contributed by atoms with Crippen LogP contribution in [-0.2, 0) is 12.8 Å². The second kappa shape index (κ2) is 2.39. The lowest BCUT2D eigenvalue weighted by Crippen LogP contribution is -2.19. The standard InChI is InChI=1S/C10H11NO2/c11-8-1-6-3-9-10(13-5-12-9)4-7(6)2-8/h3-4,8H,1-2,5,11H2/i1D2,3D,4D,5D2. The number of rotatable bonds is 0. The summed E-state index contributed by atoms with van der Waals surface area (Å²) in [6.07, 6.45) is -1.82. The summed E-state index contributed by atoms with van der Waals surface area (Å²) < 4.78 is 56.2. The highest BCUT2D eigenvalue weighted by Crippen LogP contribution is 2.37. The second-order valence-corrected chi connectivity index (χ2v) is 3.00. The van der Waals surface area contributed by atoms with E-state index in [1.165, 1.54) is 0 Å². The minimum Gasteiger partial charge on any atom is -0.454 e. The summed E-state index contributed by atoms with van der Waals surface area (Å²) in [6.45, 7) is -2.43. The molecule has 1 aliphatic carbocycles. The summed E-state index contributed by atoms with van der Waals surface area (Å²) in [5.74, 6) is -0.384. The molecule has 0 spiro atoms. The molecule has 1 aromatic carbocycles. The van der Waals surface area contributed by atoms with Crippen molar-refractivity contribution in [3.05, 3.63) is 23.2 Å². The number of fused-ring (bicyclic) bond motifs is 2. The van der Waals surface area contributed by atoms with Gasteiger partial charge >= 0.3 is 0 Å². The van der Waals surface area contributed by atoms with E-state index in [0.29, 0.717) is 5.56 Å². The molecule has 1 aliphatic heterocycles. The van der Waals surface area contributed by atoms with Crippen LogP contribution in [0.1, 0.15) is 19.4 Å². The molecule has 0 fully saturated rings. The molecule has 1 unspecified atom stereocenters. The van der Waals surface area contributed by atoms with Gasteiger partial charge < -0.3 is 15.2 Å². The Morgan fingerprint density at radius 3 is 2.85 bits per heavy atom. The Hall–Kier alpha value is -1.22. The maximum atomic E-state index is 7.98. The van der Waals surface area contributed by atoms with Gasteiger partial charge in [-0.3, -0.25) is 0 Å². The molecule has 2 N–H and O–H groups in total.